The zero-order chi connectivity index (χ0) is 11.6. The van der Waals surface area contributed by atoms with Gasteiger partial charge < -0.3 is 9.84 Å². The van der Waals surface area contributed by atoms with Crippen LogP contribution in [0.4, 0.5) is 0 Å². The van der Waals surface area contributed by atoms with Gasteiger partial charge in [-0.25, -0.2) is 8.42 Å². The molecule has 1 aromatic heterocycles. The molecule has 0 aliphatic carbocycles. The van der Waals surface area contributed by atoms with Crippen molar-refractivity contribution in [1.82, 2.24) is 14.5 Å². The van der Waals surface area contributed by atoms with Crippen LogP contribution in [-0.2, 0) is 14.8 Å². The number of sulfonamides is 1. The van der Waals surface area contributed by atoms with Crippen molar-refractivity contribution in [2.45, 2.75) is 11.1 Å². The molecule has 0 aromatic carbocycles. The van der Waals surface area contributed by atoms with Gasteiger partial charge in [0.25, 0.3) is 10.0 Å². The topological polar surface area (TPSA) is 95.5 Å². The Balaban J connectivity index is 2.18. The number of morpholine rings is 1. The molecule has 1 aromatic rings. The summed E-state index contributed by atoms with van der Waals surface area (Å²) in [6, 6.07) is 1.40. The minimum atomic E-state index is -3.54. The first kappa shape index (κ1) is 11.5. The maximum absolute atomic E-state index is 12.0. The van der Waals surface area contributed by atoms with E-state index in [1.807, 2.05) is 0 Å². The molecule has 16 heavy (non-hydrogen) atoms. The van der Waals surface area contributed by atoms with E-state index in [2.05, 4.69) is 10.2 Å². The minimum Gasteiger partial charge on any atom is -0.394 e. The van der Waals surface area contributed by atoms with Crippen molar-refractivity contribution in [1.29, 1.82) is 0 Å². The predicted octanol–water partition coefficient (Wildman–Crippen LogP) is -1.21. The van der Waals surface area contributed by atoms with Crippen molar-refractivity contribution in [3.8, 4) is 0 Å². The van der Waals surface area contributed by atoms with Crippen molar-refractivity contribution < 1.29 is 18.3 Å². The standard InChI is InChI=1S/C8H13N3O4S/c12-6-7-5-11(3-4-15-7)16(13,14)8-1-2-9-10-8/h1-2,7,12H,3-6H2,(H,9,10). The highest BCUT2D eigenvalue weighted by molar-refractivity contribution is 7.89. The fourth-order valence-corrected chi connectivity index (χ4v) is 2.90. The minimum absolute atomic E-state index is 0.0612. The molecule has 1 saturated heterocycles. The van der Waals surface area contributed by atoms with E-state index in [1.54, 1.807) is 0 Å². The van der Waals surface area contributed by atoms with Crippen LogP contribution in [0.5, 0.6) is 0 Å². The molecule has 1 aliphatic rings. The zero-order valence-electron chi connectivity index (χ0n) is 8.54. The maximum atomic E-state index is 12.0. The third kappa shape index (κ3) is 2.09. The number of aliphatic hydroxyl groups is 1. The number of hydrogen-bond donors (Lipinski definition) is 2. The van der Waals surface area contributed by atoms with E-state index in [4.69, 9.17) is 9.84 Å². The molecule has 0 radical (unpaired) electrons. The van der Waals surface area contributed by atoms with E-state index in [9.17, 15) is 8.42 Å². The van der Waals surface area contributed by atoms with Crippen molar-refractivity contribution in [3.05, 3.63) is 12.3 Å². The third-order valence-electron chi connectivity index (χ3n) is 2.40. The van der Waals surface area contributed by atoms with E-state index in [-0.39, 0.29) is 24.7 Å². The van der Waals surface area contributed by atoms with Gasteiger partial charge in [-0.3, -0.25) is 5.10 Å². The van der Waals surface area contributed by atoms with Crippen LogP contribution in [-0.4, -0.2) is 60.4 Å². The molecule has 90 valence electrons. The van der Waals surface area contributed by atoms with Gasteiger partial charge in [0.05, 0.1) is 25.5 Å². The highest BCUT2D eigenvalue weighted by atomic mass is 32.2. The Kier molecular flexibility index (Phi) is 3.24. The smallest absolute Gasteiger partial charge is 0.260 e. The monoisotopic (exact) mass is 247 g/mol. The van der Waals surface area contributed by atoms with Gasteiger partial charge in [-0.1, -0.05) is 0 Å². The first-order valence-corrected chi connectivity index (χ1v) is 6.30. The summed E-state index contributed by atoms with van der Waals surface area (Å²) < 4.78 is 30.5. The summed E-state index contributed by atoms with van der Waals surface area (Å²) in [6.07, 6.45) is 0.933. The molecular weight excluding hydrogens is 234 g/mol. The maximum Gasteiger partial charge on any atom is 0.260 e. The van der Waals surface area contributed by atoms with Crippen LogP contribution >= 0.6 is 0 Å². The summed E-state index contributed by atoms with van der Waals surface area (Å²) in [5.74, 6) is 0. The quantitative estimate of drug-likeness (QED) is 0.699. The summed E-state index contributed by atoms with van der Waals surface area (Å²) in [5, 5.41) is 15.0. The molecule has 1 fully saturated rings. The lowest BCUT2D eigenvalue weighted by Gasteiger charge is -2.30. The first-order valence-electron chi connectivity index (χ1n) is 4.86. The Labute approximate surface area is 93.1 Å². The van der Waals surface area contributed by atoms with Crippen molar-refractivity contribution in [2.24, 2.45) is 0 Å². The van der Waals surface area contributed by atoms with Crippen molar-refractivity contribution in [3.63, 3.8) is 0 Å². The van der Waals surface area contributed by atoms with E-state index in [1.165, 1.54) is 16.6 Å². The second-order valence-corrected chi connectivity index (χ2v) is 5.37. The van der Waals surface area contributed by atoms with Gasteiger partial charge in [0, 0.05) is 13.1 Å². The number of rotatable bonds is 3. The van der Waals surface area contributed by atoms with Crippen LogP contribution in [0.15, 0.2) is 17.3 Å². The van der Waals surface area contributed by atoms with Gasteiger partial charge in [-0.15, -0.1) is 0 Å². The van der Waals surface area contributed by atoms with Crippen LogP contribution < -0.4 is 0 Å². The van der Waals surface area contributed by atoms with Crippen molar-refractivity contribution >= 4 is 10.0 Å². The SMILES string of the molecule is O=S(=O)(c1ccn[nH]1)N1CCOC(CO)C1. The van der Waals surface area contributed by atoms with Crippen LogP contribution in [0, 0.1) is 0 Å². The largest absolute Gasteiger partial charge is 0.394 e. The van der Waals surface area contributed by atoms with E-state index in [0.29, 0.717) is 6.61 Å². The van der Waals surface area contributed by atoms with E-state index in [0.717, 1.165) is 0 Å². The summed E-state index contributed by atoms with van der Waals surface area (Å²) in [4.78, 5) is 0. The van der Waals surface area contributed by atoms with Gasteiger partial charge in [-0.2, -0.15) is 9.40 Å². The lowest BCUT2D eigenvalue weighted by molar-refractivity contribution is -0.0305. The molecule has 0 saturated carbocycles. The molecule has 8 heteroatoms. The lowest BCUT2D eigenvalue weighted by atomic mass is 10.3. The van der Waals surface area contributed by atoms with Gasteiger partial charge >= 0.3 is 0 Å². The Bertz CT molecular complexity index is 430. The van der Waals surface area contributed by atoms with Crippen LogP contribution in [0.1, 0.15) is 0 Å². The Morgan fingerprint density at radius 1 is 1.69 bits per heavy atom. The average molecular weight is 247 g/mol. The number of ether oxygens (including phenoxy) is 1. The Morgan fingerprint density at radius 3 is 3.12 bits per heavy atom. The molecule has 1 atom stereocenters. The summed E-state index contributed by atoms with van der Waals surface area (Å²) >= 11 is 0. The summed E-state index contributed by atoms with van der Waals surface area (Å²) in [6.45, 7) is 0.559. The normalized spacial score (nSPS) is 23.4. The van der Waals surface area contributed by atoms with Crippen molar-refractivity contribution in [2.75, 3.05) is 26.3 Å². The Morgan fingerprint density at radius 2 is 2.50 bits per heavy atom. The molecule has 7 nitrogen and oxygen atoms in total. The predicted molar refractivity (Wildman–Crippen MR) is 54.2 cm³/mol. The average Bonchev–Trinajstić information content (AvgIpc) is 2.83. The molecule has 1 aliphatic heterocycles. The number of nitrogens with zero attached hydrogens (tertiary/aromatic N) is 2. The second kappa shape index (κ2) is 4.50. The van der Waals surface area contributed by atoms with Crippen LogP contribution in [0.25, 0.3) is 0 Å². The number of hydrogen-bond acceptors (Lipinski definition) is 5. The fourth-order valence-electron chi connectivity index (χ4n) is 1.55. The zero-order valence-corrected chi connectivity index (χ0v) is 9.35. The molecule has 0 spiro atoms. The van der Waals surface area contributed by atoms with Gasteiger partial charge in [-0.05, 0) is 6.07 Å². The van der Waals surface area contributed by atoms with Gasteiger partial charge in [0.2, 0.25) is 0 Å². The molecular formula is C8H13N3O4S. The molecule has 0 bridgehead atoms. The number of nitrogens with one attached hydrogen (secondary N) is 1. The Hall–Kier alpha value is -0.960. The van der Waals surface area contributed by atoms with Gasteiger partial charge in [0.15, 0.2) is 5.03 Å². The van der Waals surface area contributed by atoms with Crippen LogP contribution in [0.2, 0.25) is 0 Å². The molecule has 1 unspecified atom stereocenters. The van der Waals surface area contributed by atoms with Gasteiger partial charge in [0.1, 0.15) is 0 Å². The number of H-pyrrole nitrogens is 1. The number of aromatic nitrogens is 2. The second-order valence-electron chi connectivity index (χ2n) is 3.46. The highest BCUT2D eigenvalue weighted by Gasteiger charge is 2.31. The lowest BCUT2D eigenvalue weighted by Crippen LogP contribution is -2.46. The van der Waals surface area contributed by atoms with Crippen LogP contribution in [0.3, 0.4) is 0 Å². The fraction of sp³-hybridized carbons (Fsp3) is 0.625. The van der Waals surface area contributed by atoms with E-state index < -0.39 is 16.1 Å². The summed E-state index contributed by atoms with van der Waals surface area (Å²) in [7, 11) is -3.54. The first-order chi connectivity index (χ1) is 7.64. The third-order valence-corrected chi connectivity index (χ3v) is 4.19. The number of aromatic amines is 1. The van der Waals surface area contributed by atoms with E-state index >= 15 is 0 Å². The summed E-state index contributed by atoms with van der Waals surface area (Å²) in [5.41, 5.74) is 0. The highest BCUT2D eigenvalue weighted by Crippen LogP contribution is 2.16. The molecule has 2 rings (SSSR count). The molecule has 2 N–H and O–H groups in total. The molecule has 0 amide bonds. The number of aliphatic hydroxyl groups excluding tert-OH is 1. The molecule has 2 heterocycles.